The second-order valence-corrected chi connectivity index (χ2v) is 6.62. The van der Waals surface area contributed by atoms with E-state index in [-0.39, 0.29) is 0 Å². The third-order valence-corrected chi connectivity index (χ3v) is 4.19. The highest BCUT2D eigenvalue weighted by atomic mass is 32.1. The van der Waals surface area contributed by atoms with E-state index in [0.717, 1.165) is 29.0 Å². The topological polar surface area (TPSA) is 54.9 Å². The van der Waals surface area contributed by atoms with E-state index in [9.17, 15) is 0 Å². The Labute approximate surface area is 172 Å². The lowest BCUT2D eigenvalue weighted by molar-refractivity contribution is 0.282. The van der Waals surface area contributed by atoms with Crippen LogP contribution in [0, 0.1) is 6.92 Å². The van der Waals surface area contributed by atoms with Gasteiger partial charge in [0.1, 0.15) is 6.61 Å². The van der Waals surface area contributed by atoms with Crippen molar-refractivity contribution >= 4 is 23.5 Å². The van der Waals surface area contributed by atoms with Gasteiger partial charge < -0.3 is 14.8 Å². The molecule has 0 aliphatic rings. The summed E-state index contributed by atoms with van der Waals surface area (Å²) in [5, 5.41) is 7.63. The molecule has 0 saturated carbocycles. The highest BCUT2D eigenvalue weighted by Crippen LogP contribution is 2.34. The van der Waals surface area contributed by atoms with Crippen LogP contribution in [0.4, 0.5) is 0 Å². The number of hydrogen-bond acceptors (Lipinski definition) is 4. The maximum absolute atomic E-state index is 6.10. The lowest BCUT2D eigenvalue weighted by Gasteiger charge is -2.16. The van der Waals surface area contributed by atoms with Crippen molar-refractivity contribution in [2.24, 2.45) is 5.10 Å². The van der Waals surface area contributed by atoms with E-state index in [0.29, 0.717) is 23.9 Å². The molecule has 0 atom stereocenters. The predicted molar refractivity (Wildman–Crippen MR) is 119 cm³/mol. The fourth-order valence-corrected chi connectivity index (χ4v) is 2.78. The molecule has 6 heteroatoms. The number of rotatable bonds is 9. The second kappa shape index (κ2) is 11.1. The molecule has 2 aromatic rings. The van der Waals surface area contributed by atoms with Gasteiger partial charge in [-0.25, -0.2) is 0 Å². The van der Waals surface area contributed by atoms with Gasteiger partial charge in [0.2, 0.25) is 0 Å². The Kier molecular flexibility index (Phi) is 8.49. The zero-order chi connectivity index (χ0) is 20.4. The van der Waals surface area contributed by atoms with Gasteiger partial charge in [-0.05, 0) is 55.7 Å². The molecule has 0 heterocycles. The number of hydrogen-bond donors (Lipinski definition) is 2. The van der Waals surface area contributed by atoms with Gasteiger partial charge in [0.25, 0.3) is 0 Å². The third kappa shape index (κ3) is 6.39. The lowest BCUT2D eigenvalue weighted by atomic mass is 10.1. The Morgan fingerprint density at radius 1 is 1.25 bits per heavy atom. The average molecular weight is 398 g/mol. The first-order chi connectivity index (χ1) is 13.6. The summed E-state index contributed by atoms with van der Waals surface area (Å²) < 4.78 is 11.7. The van der Waals surface area contributed by atoms with E-state index in [1.165, 1.54) is 5.56 Å². The van der Waals surface area contributed by atoms with E-state index in [1.54, 1.807) is 13.3 Å². The first-order valence-corrected chi connectivity index (χ1v) is 9.55. The van der Waals surface area contributed by atoms with Crippen LogP contribution in [0.2, 0.25) is 0 Å². The molecule has 2 N–H and O–H groups in total. The summed E-state index contributed by atoms with van der Waals surface area (Å²) >= 11 is 5.10. The van der Waals surface area contributed by atoms with Crippen LogP contribution in [0.5, 0.6) is 11.5 Å². The molecule has 0 unspecified atom stereocenters. The number of hydrazone groups is 1. The Morgan fingerprint density at radius 3 is 2.64 bits per heavy atom. The van der Waals surface area contributed by atoms with Gasteiger partial charge in [0, 0.05) is 12.1 Å². The molecule has 5 nitrogen and oxygen atoms in total. The minimum Gasteiger partial charge on any atom is -0.493 e. The second-order valence-electron chi connectivity index (χ2n) is 6.21. The molecule has 0 spiro atoms. The van der Waals surface area contributed by atoms with Crippen LogP contribution in [-0.4, -0.2) is 25.0 Å². The molecule has 0 aliphatic carbocycles. The van der Waals surface area contributed by atoms with Gasteiger partial charge in [-0.2, -0.15) is 5.10 Å². The van der Waals surface area contributed by atoms with Gasteiger partial charge in [0.05, 0.1) is 13.3 Å². The summed E-state index contributed by atoms with van der Waals surface area (Å²) in [5.41, 5.74) is 6.97. The van der Waals surface area contributed by atoms with Crippen LogP contribution in [0.25, 0.3) is 0 Å². The van der Waals surface area contributed by atoms with E-state index in [1.807, 2.05) is 25.1 Å². The summed E-state index contributed by atoms with van der Waals surface area (Å²) in [6, 6.07) is 12.2. The standard InChI is InChI=1S/C22H27N3O2S/c1-5-7-19-12-18(14-24-25-22(28)23-6-2)13-20(26-4)21(19)27-15-17-10-8-16(3)9-11-17/h5,8-14H,1,6-7,15H2,2-4H3,(H2,23,25,28). The number of aryl methyl sites for hydroxylation is 1. The number of methoxy groups -OCH3 is 1. The summed E-state index contributed by atoms with van der Waals surface area (Å²) in [6.07, 6.45) is 4.19. The molecule has 0 amide bonds. The number of allylic oxidation sites excluding steroid dienone is 1. The molecule has 2 aromatic carbocycles. The van der Waals surface area contributed by atoms with Crippen LogP contribution in [0.15, 0.2) is 54.2 Å². The van der Waals surface area contributed by atoms with Gasteiger partial charge in [-0.1, -0.05) is 35.9 Å². The van der Waals surface area contributed by atoms with Crippen molar-refractivity contribution < 1.29 is 9.47 Å². The van der Waals surface area contributed by atoms with Crippen molar-refractivity contribution in [3.05, 3.63) is 71.3 Å². The molecule has 28 heavy (non-hydrogen) atoms. The smallest absolute Gasteiger partial charge is 0.186 e. The van der Waals surface area contributed by atoms with Crippen molar-refractivity contribution in [3.63, 3.8) is 0 Å². The van der Waals surface area contributed by atoms with Gasteiger partial charge >= 0.3 is 0 Å². The van der Waals surface area contributed by atoms with E-state index >= 15 is 0 Å². The molecule has 0 saturated heterocycles. The third-order valence-electron chi connectivity index (χ3n) is 3.96. The zero-order valence-corrected chi connectivity index (χ0v) is 17.4. The van der Waals surface area contributed by atoms with Gasteiger partial charge in [-0.15, -0.1) is 6.58 Å². The van der Waals surface area contributed by atoms with Gasteiger partial charge in [0.15, 0.2) is 16.6 Å². The van der Waals surface area contributed by atoms with Crippen molar-refractivity contribution in [1.82, 2.24) is 10.7 Å². The first kappa shape index (κ1) is 21.4. The molecule has 0 aliphatic heterocycles. The number of nitrogens with one attached hydrogen (secondary N) is 2. The number of benzene rings is 2. The molecular weight excluding hydrogens is 370 g/mol. The number of nitrogens with zero attached hydrogens (tertiary/aromatic N) is 1. The quantitative estimate of drug-likeness (QED) is 0.288. The fraction of sp³-hybridized carbons (Fsp3) is 0.273. The Hall–Kier alpha value is -2.86. The van der Waals surface area contributed by atoms with Crippen LogP contribution in [0.3, 0.4) is 0 Å². The fourth-order valence-electron chi connectivity index (χ4n) is 2.59. The molecule has 0 aromatic heterocycles. The maximum atomic E-state index is 6.10. The summed E-state index contributed by atoms with van der Waals surface area (Å²) in [5.74, 6) is 1.37. The number of ether oxygens (including phenoxy) is 2. The lowest BCUT2D eigenvalue weighted by Crippen LogP contribution is -2.31. The van der Waals surface area contributed by atoms with Crippen LogP contribution in [-0.2, 0) is 13.0 Å². The summed E-state index contributed by atoms with van der Waals surface area (Å²) in [4.78, 5) is 0. The van der Waals surface area contributed by atoms with Crippen molar-refractivity contribution in [1.29, 1.82) is 0 Å². The summed E-state index contributed by atoms with van der Waals surface area (Å²) in [7, 11) is 1.63. The normalized spacial score (nSPS) is 10.5. The molecule has 0 radical (unpaired) electrons. The van der Waals surface area contributed by atoms with E-state index in [2.05, 4.69) is 53.6 Å². The van der Waals surface area contributed by atoms with E-state index in [4.69, 9.17) is 21.7 Å². The van der Waals surface area contributed by atoms with Gasteiger partial charge in [-0.3, -0.25) is 5.43 Å². The van der Waals surface area contributed by atoms with Crippen LogP contribution >= 0.6 is 12.2 Å². The minimum atomic E-state index is 0.465. The Bertz CT molecular complexity index is 832. The average Bonchev–Trinajstić information content (AvgIpc) is 2.68. The monoisotopic (exact) mass is 397 g/mol. The largest absolute Gasteiger partial charge is 0.493 e. The minimum absolute atomic E-state index is 0.465. The predicted octanol–water partition coefficient (Wildman–Crippen LogP) is 4.13. The molecule has 0 fully saturated rings. The molecule has 148 valence electrons. The van der Waals surface area contributed by atoms with Crippen molar-refractivity contribution in [3.8, 4) is 11.5 Å². The Morgan fingerprint density at radius 2 is 2.00 bits per heavy atom. The molecule has 0 bridgehead atoms. The van der Waals surface area contributed by atoms with Crippen LogP contribution in [0.1, 0.15) is 29.2 Å². The van der Waals surface area contributed by atoms with Crippen LogP contribution < -0.4 is 20.2 Å². The van der Waals surface area contributed by atoms with E-state index < -0.39 is 0 Å². The highest BCUT2D eigenvalue weighted by Gasteiger charge is 2.12. The van der Waals surface area contributed by atoms with Crippen molar-refractivity contribution in [2.75, 3.05) is 13.7 Å². The number of thiocarbonyl (C=S) groups is 1. The zero-order valence-electron chi connectivity index (χ0n) is 16.6. The summed E-state index contributed by atoms with van der Waals surface area (Å²) in [6.45, 7) is 9.09. The molecular formula is C22H27N3O2S. The van der Waals surface area contributed by atoms with Crippen molar-refractivity contribution in [2.45, 2.75) is 26.9 Å². The highest BCUT2D eigenvalue weighted by molar-refractivity contribution is 7.80. The maximum Gasteiger partial charge on any atom is 0.186 e. The first-order valence-electron chi connectivity index (χ1n) is 9.14. The Balaban J connectivity index is 2.21. The molecule has 2 rings (SSSR count). The SMILES string of the molecule is C=CCc1cc(C=NNC(=S)NCC)cc(OC)c1OCc1ccc(C)cc1.